The molecule has 1 saturated heterocycles. The minimum Gasteiger partial charge on any atom is -0.388 e. The van der Waals surface area contributed by atoms with Crippen molar-refractivity contribution in [3.05, 3.63) is 76.9 Å². The maximum absolute atomic E-state index is 12.7. The zero-order chi connectivity index (χ0) is 20.0. The van der Waals surface area contributed by atoms with Crippen LogP contribution in [0, 0.1) is 37.2 Å². The summed E-state index contributed by atoms with van der Waals surface area (Å²) in [6, 6.07) is 13.9. The molecule has 7 heteroatoms. The first-order valence-corrected chi connectivity index (χ1v) is 9.33. The summed E-state index contributed by atoms with van der Waals surface area (Å²) >= 11 is 0. The van der Waals surface area contributed by atoms with Crippen molar-refractivity contribution in [2.24, 2.45) is 4.99 Å². The molecule has 0 unspecified atom stereocenters. The van der Waals surface area contributed by atoms with Crippen LogP contribution in [0.25, 0.3) is 5.70 Å². The van der Waals surface area contributed by atoms with E-state index < -0.39 is 11.7 Å². The number of halogens is 3. The summed E-state index contributed by atoms with van der Waals surface area (Å²) in [5.74, 6) is 0. The molecule has 0 aliphatic carbocycles. The number of benzene rings is 2. The van der Waals surface area contributed by atoms with Crippen molar-refractivity contribution in [3.63, 3.8) is 0 Å². The molecule has 3 nitrogen and oxygen atoms in total. The third kappa shape index (κ3) is 6.21. The third-order valence-corrected chi connectivity index (χ3v) is 4.64. The van der Waals surface area contributed by atoms with E-state index in [-0.39, 0.29) is 31.1 Å². The van der Waals surface area contributed by atoms with Gasteiger partial charge in [-0.3, -0.25) is 0 Å². The van der Waals surface area contributed by atoms with E-state index in [1.54, 1.807) is 0 Å². The van der Waals surface area contributed by atoms with Gasteiger partial charge in [0.2, 0.25) is 0 Å². The first-order chi connectivity index (χ1) is 13.5. The zero-order valence-electron chi connectivity index (χ0n) is 16.2. The van der Waals surface area contributed by atoms with Gasteiger partial charge in [0.1, 0.15) is 0 Å². The predicted molar refractivity (Wildman–Crippen MR) is 106 cm³/mol. The first-order valence-electron chi connectivity index (χ1n) is 9.33. The van der Waals surface area contributed by atoms with Gasteiger partial charge in [-0.25, -0.2) is 0 Å². The molecule has 2 aromatic carbocycles. The van der Waals surface area contributed by atoms with E-state index >= 15 is 0 Å². The monoisotopic (exact) mass is 624 g/mol. The molecule has 152 valence electrons. The van der Waals surface area contributed by atoms with Gasteiger partial charge in [0, 0.05) is 50.4 Å². The second-order valence-corrected chi connectivity index (χ2v) is 6.55. The molecule has 2 aromatic rings. The quantitative estimate of drug-likeness (QED) is 0.490. The molecular formula is C22H23F3N3U-. The Kier molecular flexibility index (Phi) is 9.01. The molecule has 2 N–H and O–H groups in total. The molecule has 2 aliphatic rings. The van der Waals surface area contributed by atoms with Crippen LogP contribution < -0.4 is 10.6 Å². The van der Waals surface area contributed by atoms with Crippen molar-refractivity contribution >= 4 is 11.4 Å². The molecule has 2 heterocycles. The Balaban J connectivity index is 0.000000437. The predicted octanol–water partition coefficient (Wildman–Crippen LogP) is 4.29. The van der Waals surface area contributed by atoms with E-state index in [1.165, 1.54) is 32.0 Å². The second kappa shape index (κ2) is 11.0. The summed E-state index contributed by atoms with van der Waals surface area (Å²) < 4.78 is 38.1. The molecule has 0 amide bonds. The minimum absolute atomic E-state index is 0. The number of fused-ring (bicyclic) bond motifs is 1. The third-order valence-electron chi connectivity index (χ3n) is 4.64. The van der Waals surface area contributed by atoms with Crippen molar-refractivity contribution in [1.29, 1.82) is 0 Å². The molecule has 4 rings (SSSR count). The van der Waals surface area contributed by atoms with E-state index in [2.05, 4.69) is 21.7 Å². The Morgan fingerprint density at radius 3 is 2.24 bits per heavy atom. The maximum Gasteiger partial charge on any atom is 0.381 e. The Hall–Kier alpha value is -1.55. The molecule has 29 heavy (non-hydrogen) atoms. The number of alkyl halides is 3. The van der Waals surface area contributed by atoms with Gasteiger partial charge in [-0.15, -0.1) is 29.8 Å². The summed E-state index contributed by atoms with van der Waals surface area (Å²) in [6.45, 7) is 2.95. The van der Waals surface area contributed by atoms with Crippen LogP contribution in [0.15, 0.2) is 53.5 Å². The molecule has 0 saturated carbocycles. The average molecular weight is 624 g/mol. The molecule has 0 radical (unpaired) electrons. The average Bonchev–Trinajstić information content (AvgIpc) is 3.23. The summed E-state index contributed by atoms with van der Waals surface area (Å²) in [4.78, 5) is 4.51. The topological polar surface area (TPSA) is 36.4 Å². The number of nitrogens with one attached hydrogen (secondary N) is 2. The minimum atomic E-state index is -4.36. The molecule has 0 atom stereocenters. The van der Waals surface area contributed by atoms with Gasteiger partial charge < -0.3 is 15.6 Å². The van der Waals surface area contributed by atoms with Crippen LogP contribution in [0.5, 0.6) is 0 Å². The second-order valence-electron chi connectivity index (χ2n) is 6.55. The Morgan fingerprint density at radius 1 is 1.03 bits per heavy atom. The van der Waals surface area contributed by atoms with Crippen LogP contribution in [-0.2, 0) is 6.18 Å². The zero-order valence-corrected chi connectivity index (χ0v) is 20.4. The number of rotatable bonds is 2. The van der Waals surface area contributed by atoms with Gasteiger partial charge in [0.05, 0.1) is 0 Å². The first kappa shape index (κ1) is 23.7. The molecule has 1 fully saturated rings. The number of hydrogen-bond donors (Lipinski definition) is 2. The maximum atomic E-state index is 12.7. The van der Waals surface area contributed by atoms with Crippen molar-refractivity contribution in [2.45, 2.75) is 19.0 Å². The van der Waals surface area contributed by atoms with E-state index in [4.69, 9.17) is 0 Å². The van der Waals surface area contributed by atoms with Crippen LogP contribution in [0.3, 0.4) is 0 Å². The van der Waals surface area contributed by atoms with Gasteiger partial charge in [-0.2, -0.15) is 13.2 Å². The van der Waals surface area contributed by atoms with Gasteiger partial charge in [0.15, 0.2) is 0 Å². The fraction of sp³-hybridized carbons (Fsp3) is 0.318. The van der Waals surface area contributed by atoms with Gasteiger partial charge in [-0.05, 0) is 54.4 Å². The van der Waals surface area contributed by atoms with Gasteiger partial charge >= 0.3 is 6.18 Å². The molecular weight excluding hydrogens is 601 g/mol. The fourth-order valence-electron chi connectivity index (χ4n) is 3.19. The summed E-state index contributed by atoms with van der Waals surface area (Å²) in [6.07, 6.45) is 0.370. The van der Waals surface area contributed by atoms with E-state index in [0.717, 1.165) is 29.0 Å². The van der Waals surface area contributed by atoms with E-state index in [9.17, 15) is 13.2 Å². The molecule has 0 aromatic heterocycles. The fourth-order valence-corrected chi connectivity index (χ4v) is 3.19. The number of aliphatic imine (C=N–C) groups is 1. The molecule has 0 spiro atoms. The van der Waals surface area contributed by atoms with Gasteiger partial charge in [0.25, 0.3) is 0 Å². The Morgan fingerprint density at radius 2 is 1.72 bits per heavy atom. The number of hydrogen-bond acceptors (Lipinski definition) is 3. The number of nitrogens with zero attached hydrogens (tertiary/aromatic N) is 1. The van der Waals surface area contributed by atoms with E-state index in [1.807, 2.05) is 37.4 Å². The van der Waals surface area contributed by atoms with Crippen LogP contribution in [0.2, 0.25) is 0 Å². The SMILES string of the molecule is C1CCNC1.CNC1=CCN=C(c2[c-]cc(C(F)(F)F)cc2)c2ccccc21.[U]. The molecule has 0 bridgehead atoms. The summed E-state index contributed by atoms with van der Waals surface area (Å²) in [5.41, 5.74) is 3.29. The smallest absolute Gasteiger partial charge is 0.381 e. The molecule has 2 aliphatic heterocycles. The summed E-state index contributed by atoms with van der Waals surface area (Å²) in [5, 5.41) is 6.35. The largest absolute Gasteiger partial charge is 0.388 e. The van der Waals surface area contributed by atoms with Crippen molar-refractivity contribution < 1.29 is 44.3 Å². The van der Waals surface area contributed by atoms with Crippen LogP contribution in [0.1, 0.15) is 35.1 Å². The standard InChI is InChI=1S/C18H14F3N2.C4H9N.U/c1-22-16-10-11-23-17(15-5-3-2-4-14(15)16)12-6-8-13(9-7-12)18(19,20)21;1-2-4-5-3-1;/h2-6,8-10,22H,11H2,1H3;5H,1-4H2;/q-1;;. The van der Waals surface area contributed by atoms with Crippen molar-refractivity contribution in [3.8, 4) is 0 Å². The van der Waals surface area contributed by atoms with Crippen LogP contribution >= 0.6 is 0 Å². The summed E-state index contributed by atoms with van der Waals surface area (Å²) in [7, 11) is 1.83. The van der Waals surface area contributed by atoms with Crippen LogP contribution in [-0.4, -0.2) is 32.4 Å². The van der Waals surface area contributed by atoms with E-state index in [0.29, 0.717) is 17.8 Å². The van der Waals surface area contributed by atoms with Crippen molar-refractivity contribution in [1.82, 2.24) is 10.6 Å². The normalized spacial score (nSPS) is 15.6. The van der Waals surface area contributed by atoms with Gasteiger partial charge in [-0.1, -0.05) is 24.3 Å². The Bertz CT molecular complexity index is 847. The Labute approximate surface area is 193 Å². The van der Waals surface area contributed by atoms with Crippen molar-refractivity contribution in [2.75, 3.05) is 26.7 Å². The van der Waals surface area contributed by atoms with Crippen LogP contribution in [0.4, 0.5) is 13.2 Å².